The van der Waals surface area contributed by atoms with Crippen molar-refractivity contribution in [2.24, 2.45) is 5.92 Å². The van der Waals surface area contributed by atoms with Crippen LogP contribution < -0.4 is 5.32 Å². The van der Waals surface area contributed by atoms with Crippen LogP contribution in [-0.4, -0.2) is 41.3 Å². The number of amides is 1. The summed E-state index contributed by atoms with van der Waals surface area (Å²) >= 11 is 0. The van der Waals surface area contributed by atoms with Crippen LogP contribution in [0.25, 0.3) is 0 Å². The summed E-state index contributed by atoms with van der Waals surface area (Å²) in [6.07, 6.45) is 2.81. The highest BCUT2D eigenvalue weighted by Crippen LogP contribution is 2.30. The van der Waals surface area contributed by atoms with Crippen molar-refractivity contribution in [2.75, 3.05) is 19.6 Å². The summed E-state index contributed by atoms with van der Waals surface area (Å²) < 4.78 is 19.8. The first-order chi connectivity index (χ1) is 10.0. The second-order valence-corrected chi connectivity index (χ2v) is 6.35. The molecule has 0 unspecified atom stereocenters. The summed E-state index contributed by atoms with van der Waals surface area (Å²) in [4.78, 5) is 13.8. The molecule has 1 aliphatic carbocycles. The third-order valence-electron chi connectivity index (χ3n) is 4.34. The van der Waals surface area contributed by atoms with E-state index in [1.807, 2.05) is 13.0 Å². The fourth-order valence-electron chi connectivity index (χ4n) is 2.74. The molecular weight excluding hydrogens is 273 g/mol. The molecule has 3 rings (SSSR count). The number of halogens is 1. The predicted molar refractivity (Wildman–Crippen MR) is 75.3 cm³/mol. The maximum absolute atomic E-state index is 14.7. The molecule has 1 saturated heterocycles. The topological polar surface area (TPSA) is 58.4 Å². The molecule has 0 atom stereocenters. The van der Waals surface area contributed by atoms with Crippen LogP contribution in [0.1, 0.15) is 37.1 Å². The molecule has 0 spiro atoms. The van der Waals surface area contributed by atoms with E-state index in [4.69, 9.17) is 4.52 Å². The molecule has 1 aliphatic heterocycles. The molecule has 116 valence electrons. The molecule has 1 amide bonds. The molecule has 21 heavy (non-hydrogen) atoms. The summed E-state index contributed by atoms with van der Waals surface area (Å²) in [5.41, 5.74) is -0.400. The Morgan fingerprint density at radius 1 is 1.52 bits per heavy atom. The standard InChI is InChI=1S/C15H22FN3O2/c1-11-8-13(21-18-11)9-19-6-4-15(16,5-7-19)10-17-14(20)12-2-3-12/h8,12H,2-7,9-10H2,1H3,(H,17,20). The van der Waals surface area contributed by atoms with Crippen LogP contribution in [0.5, 0.6) is 0 Å². The zero-order chi connectivity index (χ0) is 14.9. The average molecular weight is 295 g/mol. The van der Waals surface area contributed by atoms with Gasteiger partial charge in [0.15, 0.2) is 5.76 Å². The van der Waals surface area contributed by atoms with Crippen molar-refractivity contribution >= 4 is 5.91 Å². The van der Waals surface area contributed by atoms with Gasteiger partial charge in [0.1, 0.15) is 5.67 Å². The number of nitrogens with zero attached hydrogens (tertiary/aromatic N) is 2. The second kappa shape index (κ2) is 5.75. The normalized spacial score (nSPS) is 22.2. The van der Waals surface area contributed by atoms with Gasteiger partial charge in [0, 0.05) is 25.1 Å². The van der Waals surface area contributed by atoms with Crippen molar-refractivity contribution in [3.63, 3.8) is 0 Å². The van der Waals surface area contributed by atoms with E-state index < -0.39 is 5.67 Å². The molecule has 2 aliphatic rings. The number of aryl methyl sites for hydroxylation is 1. The summed E-state index contributed by atoms with van der Waals surface area (Å²) in [7, 11) is 0. The highest BCUT2D eigenvalue weighted by Gasteiger charge is 2.37. The Labute approximate surface area is 123 Å². The van der Waals surface area contributed by atoms with Crippen molar-refractivity contribution < 1.29 is 13.7 Å². The van der Waals surface area contributed by atoms with Crippen molar-refractivity contribution in [3.8, 4) is 0 Å². The number of nitrogens with one attached hydrogen (secondary N) is 1. The van der Waals surface area contributed by atoms with Gasteiger partial charge >= 0.3 is 0 Å². The third-order valence-corrected chi connectivity index (χ3v) is 4.34. The number of carbonyl (C=O) groups excluding carboxylic acids is 1. The van der Waals surface area contributed by atoms with Gasteiger partial charge in [-0.2, -0.15) is 0 Å². The zero-order valence-corrected chi connectivity index (χ0v) is 12.4. The molecule has 2 heterocycles. The van der Waals surface area contributed by atoms with E-state index in [2.05, 4.69) is 15.4 Å². The van der Waals surface area contributed by atoms with E-state index in [0.717, 1.165) is 24.3 Å². The lowest BCUT2D eigenvalue weighted by atomic mass is 9.93. The summed E-state index contributed by atoms with van der Waals surface area (Å²) in [5, 5.41) is 6.62. The summed E-state index contributed by atoms with van der Waals surface area (Å²) in [6.45, 7) is 4.06. The molecule has 5 nitrogen and oxygen atoms in total. The smallest absolute Gasteiger partial charge is 0.223 e. The Balaban J connectivity index is 1.43. The Hall–Kier alpha value is -1.43. The number of hydrogen-bond acceptors (Lipinski definition) is 4. The minimum Gasteiger partial charge on any atom is -0.360 e. The third kappa shape index (κ3) is 3.81. The molecule has 0 aromatic carbocycles. The fraction of sp³-hybridized carbons (Fsp3) is 0.733. The van der Waals surface area contributed by atoms with Gasteiger partial charge in [-0.05, 0) is 32.6 Å². The van der Waals surface area contributed by atoms with Crippen molar-refractivity contribution in [2.45, 2.75) is 44.8 Å². The summed E-state index contributed by atoms with van der Waals surface area (Å²) in [5.74, 6) is 0.982. The van der Waals surface area contributed by atoms with Crippen molar-refractivity contribution in [1.29, 1.82) is 0 Å². The Morgan fingerprint density at radius 2 is 2.24 bits per heavy atom. The maximum atomic E-state index is 14.7. The largest absolute Gasteiger partial charge is 0.360 e. The number of alkyl halides is 1. The van der Waals surface area contributed by atoms with Crippen molar-refractivity contribution in [3.05, 3.63) is 17.5 Å². The molecule has 2 fully saturated rings. The lowest BCUT2D eigenvalue weighted by Crippen LogP contribution is -2.48. The molecule has 6 heteroatoms. The second-order valence-electron chi connectivity index (χ2n) is 6.35. The van der Waals surface area contributed by atoms with Crippen LogP contribution >= 0.6 is 0 Å². The molecule has 1 N–H and O–H groups in total. The first kappa shape index (κ1) is 14.5. The predicted octanol–water partition coefficient (Wildman–Crippen LogP) is 1.81. The number of rotatable bonds is 5. The first-order valence-corrected chi connectivity index (χ1v) is 7.65. The fourth-order valence-corrected chi connectivity index (χ4v) is 2.74. The quantitative estimate of drug-likeness (QED) is 0.900. The minimum absolute atomic E-state index is 0.0200. The molecule has 0 radical (unpaired) electrons. The zero-order valence-electron chi connectivity index (χ0n) is 12.4. The van der Waals surface area contributed by atoms with Crippen LogP contribution in [0.3, 0.4) is 0 Å². The Kier molecular flexibility index (Phi) is 3.97. The molecule has 1 saturated carbocycles. The van der Waals surface area contributed by atoms with E-state index in [-0.39, 0.29) is 18.4 Å². The van der Waals surface area contributed by atoms with E-state index in [1.165, 1.54) is 0 Å². The molecule has 1 aromatic heterocycles. The van der Waals surface area contributed by atoms with Gasteiger partial charge in [-0.25, -0.2) is 4.39 Å². The Morgan fingerprint density at radius 3 is 2.81 bits per heavy atom. The van der Waals surface area contributed by atoms with Crippen LogP contribution in [0.15, 0.2) is 10.6 Å². The minimum atomic E-state index is -1.27. The van der Waals surface area contributed by atoms with Crippen molar-refractivity contribution in [1.82, 2.24) is 15.4 Å². The Bertz CT molecular complexity index is 505. The number of aromatic nitrogens is 1. The van der Waals surface area contributed by atoms with Gasteiger partial charge in [0.05, 0.1) is 18.8 Å². The van der Waals surface area contributed by atoms with Gasteiger partial charge in [-0.15, -0.1) is 0 Å². The average Bonchev–Trinajstić information content (AvgIpc) is 3.23. The lowest BCUT2D eigenvalue weighted by molar-refractivity contribution is -0.123. The highest BCUT2D eigenvalue weighted by atomic mass is 19.1. The number of likely N-dealkylation sites (tertiary alicyclic amines) is 1. The van der Waals surface area contributed by atoms with E-state index in [9.17, 15) is 9.18 Å². The molecule has 0 bridgehead atoms. The lowest BCUT2D eigenvalue weighted by Gasteiger charge is -2.36. The van der Waals surface area contributed by atoms with E-state index >= 15 is 0 Å². The number of carbonyl (C=O) groups is 1. The van der Waals surface area contributed by atoms with Crippen LogP contribution in [-0.2, 0) is 11.3 Å². The van der Waals surface area contributed by atoms with Crippen LogP contribution in [0.2, 0.25) is 0 Å². The number of piperidine rings is 1. The molecular formula is C15H22FN3O2. The van der Waals surface area contributed by atoms with Gasteiger partial charge in [0.25, 0.3) is 0 Å². The van der Waals surface area contributed by atoms with Gasteiger partial charge < -0.3 is 9.84 Å². The summed E-state index contributed by atoms with van der Waals surface area (Å²) in [6, 6.07) is 1.91. The van der Waals surface area contributed by atoms with Crippen LogP contribution in [0.4, 0.5) is 4.39 Å². The number of hydrogen-bond donors (Lipinski definition) is 1. The van der Waals surface area contributed by atoms with Crippen LogP contribution in [0, 0.1) is 12.8 Å². The van der Waals surface area contributed by atoms with Gasteiger partial charge in [-0.3, -0.25) is 9.69 Å². The maximum Gasteiger partial charge on any atom is 0.223 e. The SMILES string of the molecule is Cc1cc(CN2CCC(F)(CNC(=O)C3CC3)CC2)on1. The monoisotopic (exact) mass is 295 g/mol. The van der Waals surface area contributed by atoms with E-state index in [0.29, 0.717) is 32.5 Å². The van der Waals surface area contributed by atoms with Gasteiger partial charge in [-0.1, -0.05) is 5.16 Å². The van der Waals surface area contributed by atoms with Gasteiger partial charge in [0.2, 0.25) is 5.91 Å². The highest BCUT2D eigenvalue weighted by molar-refractivity contribution is 5.80. The van der Waals surface area contributed by atoms with E-state index in [1.54, 1.807) is 0 Å². The molecule has 1 aromatic rings. The first-order valence-electron chi connectivity index (χ1n) is 7.65.